The van der Waals surface area contributed by atoms with Gasteiger partial charge in [0, 0.05) is 23.4 Å². The Morgan fingerprint density at radius 2 is 1.51 bits per heavy atom. The van der Waals surface area contributed by atoms with Gasteiger partial charge in [0.25, 0.3) is 5.56 Å². The number of benzene rings is 3. The third kappa shape index (κ3) is 4.92. The molecule has 174 valence electrons. The molecule has 1 amide bonds. The molecule has 0 fully saturated rings. The first-order valence-corrected chi connectivity index (χ1v) is 11.6. The van der Waals surface area contributed by atoms with E-state index in [1.807, 2.05) is 96.4 Å². The first-order valence-electron chi connectivity index (χ1n) is 11.6. The predicted molar refractivity (Wildman–Crippen MR) is 137 cm³/mol. The van der Waals surface area contributed by atoms with Crippen molar-refractivity contribution < 1.29 is 4.79 Å². The fourth-order valence-corrected chi connectivity index (χ4v) is 4.35. The summed E-state index contributed by atoms with van der Waals surface area (Å²) in [6.07, 6.45) is 0.681. The van der Waals surface area contributed by atoms with E-state index in [2.05, 4.69) is 22.5 Å². The molecule has 0 saturated carbocycles. The van der Waals surface area contributed by atoms with Crippen LogP contribution in [0, 0.1) is 6.92 Å². The third-order valence-corrected chi connectivity index (χ3v) is 6.13. The first-order chi connectivity index (χ1) is 17.1. The number of aromatic nitrogens is 3. The van der Waals surface area contributed by atoms with Crippen LogP contribution in [0.2, 0.25) is 0 Å². The van der Waals surface area contributed by atoms with Crippen molar-refractivity contribution in [2.75, 3.05) is 0 Å². The summed E-state index contributed by atoms with van der Waals surface area (Å²) in [5, 5.41) is 7.72. The van der Waals surface area contributed by atoms with Gasteiger partial charge in [-0.3, -0.25) is 9.59 Å². The van der Waals surface area contributed by atoms with Crippen molar-refractivity contribution in [3.63, 3.8) is 0 Å². The van der Waals surface area contributed by atoms with Crippen LogP contribution in [0.4, 0.5) is 0 Å². The van der Waals surface area contributed by atoms with Gasteiger partial charge in [0.1, 0.15) is 12.2 Å². The van der Waals surface area contributed by atoms with Gasteiger partial charge in [0.05, 0.1) is 11.7 Å². The first kappa shape index (κ1) is 22.3. The number of fused-ring (bicyclic) bond motifs is 1. The van der Waals surface area contributed by atoms with Crippen molar-refractivity contribution in [1.29, 1.82) is 0 Å². The lowest BCUT2D eigenvalue weighted by Gasteiger charge is -2.21. The van der Waals surface area contributed by atoms with Crippen LogP contribution < -0.4 is 10.9 Å². The van der Waals surface area contributed by atoms with Gasteiger partial charge in [-0.2, -0.15) is 9.61 Å². The second kappa shape index (κ2) is 9.81. The van der Waals surface area contributed by atoms with E-state index in [9.17, 15) is 9.59 Å². The second-order valence-electron chi connectivity index (χ2n) is 8.60. The maximum atomic E-state index is 13.3. The minimum atomic E-state index is -0.220. The Kier molecular flexibility index (Phi) is 6.26. The number of carbonyl (C=O) groups is 1. The van der Waals surface area contributed by atoms with E-state index in [4.69, 9.17) is 0 Å². The molecule has 1 unspecified atom stereocenters. The lowest BCUT2D eigenvalue weighted by atomic mass is 9.99. The van der Waals surface area contributed by atoms with Crippen LogP contribution in [-0.4, -0.2) is 20.1 Å². The number of amides is 1. The molecule has 3 aromatic carbocycles. The summed E-state index contributed by atoms with van der Waals surface area (Å²) in [5.41, 5.74) is 4.86. The number of nitrogens with zero attached hydrogens (tertiary/aromatic N) is 3. The maximum absolute atomic E-state index is 13.3. The number of nitrogens with one attached hydrogen (secondary N) is 1. The molecule has 6 heteroatoms. The molecule has 0 aliphatic carbocycles. The molecule has 0 saturated heterocycles. The molecule has 0 aliphatic rings. The van der Waals surface area contributed by atoms with Crippen LogP contribution >= 0.6 is 0 Å². The van der Waals surface area contributed by atoms with Crippen molar-refractivity contribution >= 4 is 11.6 Å². The van der Waals surface area contributed by atoms with Gasteiger partial charge in [-0.15, -0.1) is 0 Å². The lowest BCUT2D eigenvalue weighted by molar-refractivity contribution is -0.122. The topological polar surface area (TPSA) is 68.4 Å². The van der Waals surface area contributed by atoms with Crippen LogP contribution in [0.5, 0.6) is 0 Å². The molecule has 0 radical (unpaired) electrons. The highest BCUT2D eigenvalue weighted by molar-refractivity contribution is 5.77. The van der Waals surface area contributed by atoms with E-state index in [-0.39, 0.29) is 24.1 Å². The highest BCUT2D eigenvalue weighted by atomic mass is 16.2. The van der Waals surface area contributed by atoms with E-state index < -0.39 is 0 Å². The van der Waals surface area contributed by atoms with E-state index >= 15 is 0 Å². The van der Waals surface area contributed by atoms with E-state index in [0.29, 0.717) is 23.5 Å². The average Bonchev–Trinajstić information content (AvgIpc) is 3.34. The SMILES string of the molecule is Cc1cc(=O)n2nc(-c3ccccc3)cc2n1CC(=O)NC(Cc1ccccc1)c1ccccc1. The van der Waals surface area contributed by atoms with Crippen molar-refractivity contribution in [3.05, 3.63) is 130 Å². The number of hydrogen-bond acceptors (Lipinski definition) is 3. The Balaban J connectivity index is 1.45. The normalized spacial score (nSPS) is 11.9. The summed E-state index contributed by atoms with van der Waals surface area (Å²) < 4.78 is 3.20. The zero-order valence-electron chi connectivity index (χ0n) is 19.5. The summed E-state index contributed by atoms with van der Waals surface area (Å²) in [6.45, 7) is 1.91. The number of rotatable bonds is 7. The van der Waals surface area contributed by atoms with E-state index in [0.717, 1.165) is 16.7 Å². The summed E-state index contributed by atoms with van der Waals surface area (Å²) in [5.74, 6) is -0.133. The van der Waals surface area contributed by atoms with E-state index in [1.165, 1.54) is 10.6 Å². The fraction of sp³-hybridized carbons (Fsp3) is 0.138. The van der Waals surface area contributed by atoms with Gasteiger partial charge < -0.3 is 9.88 Å². The Morgan fingerprint density at radius 1 is 0.886 bits per heavy atom. The molecular weight excluding hydrogens is 436 g/mol. The molecule has 35 heavy (non-hydrogen) atoms. The Hall–Kier alpha value is -4.45. The van der Waals surface area contributed by atoms with Gasteiger partial charge in [-0.1, -0.05) is 91.0 Å². The Labute approximate surface area is 203 Å². The smallest absolute Gasteiger partial charge is 0.274 e. The monoisotopic (exact) mass is 462 g/mol. The molecule has 2 aromatic heterocycles. The average molecular weight is 463 g/mol. The zero-order chi connectivity index (χ0) is 24.2. The van der Waals surface area contributed by atoms with Gasteiger partial charge in [-0.25, -0.2) is 0 Å². The van der Waals surface area contributed by atoms with Crippen LogP contribution in [0.1, 0.15) is 22.9 Å². The number of aryl methyl sites for hydroxylation is 1. The van der Waals surface area contributed by atoms with Crippen molar-refractivity contribution in [2.24, 2.45) is 0 Å². The van der Waals surface area contributed by atoms with E-state index in [1.54, 1.807) is 0 Å². The number of hydrogen-bond donors (Lipinski definition) is 1. The summed E-state index contributed by atoms with van der Waals surface area (Å²) in [4.78, 5) is 25.9. The molecular formula is C29H26N4O2. The fourth-order valence-electron chi connectivity index (χ4n) is 4.35. The second-order valence-corrected chi connectivity index (χ2v) is 8.60. The number of carbonyl (C=O) groups excluding carboxylic acids is 1. The van der Waals surface area contributed by atoms with Crippen LogP contribution in [0.3, 0.4) is 0 Å². The molecule has 6 nitrogen and oxygen atoms in total. The summed E-state index contributed by atoms with van der Waals surface area (Å²) in [7, 11) is 0. The Morgan fingerprint density at radius 3 is 2.20 bits per heavy atom. The summed E-state index contributed by atoms with van der Waals surface area (Å²) >= 11 is 0. The molecule has 5 aromatic rings. The lowest BCUT2D eigenvalue weighted by Crippen LogP contribution is -2.34. The van der Waals surface area contributed by atoms with Crippen LogP contribution in [-0.2, 0) is 17.8 Å². The summed E-state index contributed by atoms with van der Waals surface area (Å²) in [6, 6.07) is 33.0. The minimum Gasteiger partial charge on any atom is -0.347 e. The predicted octanol–water partition coefficient (Wildman–Crippen LogP) is 4.57. The largest absolute Gasteiger partial charge is 0.347 e. The highest BCUT2D eigenvalue weighted by Crippen LogP contribution is 2.21. The quantitative estimate of drug-likeness (QED) is 0.385. The Bertz CT molecular complexity index is 1510. The van der Waals surface area contributed by atoms with Crippen LogP contribution in [0.15, 0.2) is 108 Å². The third-order valence-electron chi connectivity index (χ3n) is 6.13. The van der Waals surface area contributed by atoms with Crippen molar-refractivity contribution in [1.82, 2.24) is 19.5 Å². The highest BCUT2D eigenvalue weighted by Gasteiger charge is 2.18. The molecule has 2 heterocycles. The van der Waals surface area contributed by atoms with Gasteiger partial charge in [0.15, 0.2) is 0 Å². The molecule has 0 bridgehead atoms. The molecule has 1 atom stereocenters. The molecule has 0 aliphatic heterocycles. The van der Waals surface area contributed by atoms with Gasteiger partial charge >= 0.3 is 0 Å². The molecule has 5 rings (SSSR count). The minimum absolute atomic E-state index is 0.0770. The molecule has 1 N–H and O–H groups in total. The standard InChI is InChI=1S/C29H26N4O2/c1-21-17-29(35)33-28(19-26(31-33)24-15-9-4-10-16-24)32(21)20-27(34)30-25(23-13-7-3-8-14-23)18-22-11-5-2-6-12-22/h2-17,19,25H,18,20H2,1H3,(H,30,34). The van der Waals surface area contributed by atoms with Crippen molar-refractivity contribution in [2.45, 2.75) is 25.9 Å². The van der Waals surface area contributed by atoms with Gasteiger partial charge in [0.2, 0.25) is 5.91 Å². The van der Waals surface area contributed by atoms with Crippen molar-refractivity contribution in [3.8, 4) is 11.3 Å². The molecule has 0 spiro atoms. The maximum Gasteiger partial charge on any atom is 0.274 e. The van der Waals surface area contributed by atoms with Gasteiger partial charge in [-0.05, 0) is 24.5 Å². The zero-order valence-corrected chi connectivity index (χ0v) is 19.5. The van der Waals surface area contributed by atoms with Crippen LogP contribution in [0.25, 0.3) is 16.9 Å².